The summed E-state index contributed by atoms with van der Waals surface area (Å²) in [6, 6.07) is 16.4. The fourth-order valence-corrected chi connectivity index (χ4v) is 4.62. The summed E-state index contributed by atoms with van der Waals surface area (Å²) in [6.07, 6.45) is 1.52. The lowest BCUT2D eigenvalue weighted by atomic mass is 10.1. The number of nitrogens with zero attached hydrogens (tertiary/aromatic N) is 1. The van der Waals surface area contributed by atoms with Crippen molar-refractivity contribution in [2.45, 2.75) is 25.8 Å². The van der Waals surface area contributed by atoms with E-state index < -0.39 is 10.0 Å². The third kappa shape index (κ3) is 4.02. The predicted molar refractivity (Wildman–Crippen MR) is 99.1 cm³/mol. The Bertz CT molecular complexity index is 850. The highest BCUT2D eigenvalue weighted by molar-refractivity contribution is 7.92. The van der Waals surface area contributed by atoms with Crippen molar-refractivity contribution in [3.05, 3.63) is 65.7 Å². The second kappa shape index (κ2) is 7.27. The van der Waals surface area contributed by atoms with Crippen molar-refractivity contribution in [1.82, 2.24) is 5.32 Å². The number of anilines is 1. The first-order chi connectivity index (χ1) is 12.0. The first kappa shape index (κ1) is 17.5. The fraction of sp³-hybridized carbons (Fsp3) is 0.316. The molecule has 3 rings (SSSR count). The standard InChI is InChI=1S/C19H22N2O3S/c1-15(16-8-3-2-4-9-16)20-19(22)17-10-7-11-18(14-17)21-12-5-6-13-25(21,23)24/h2-4,7-11,14-15H,5-6,12-13H2,1H3,(H,20,22)/t15-/m1/s1. The number of benzene rings is 2. The molecule has 0 aliphatic carbocycles. The summed E-state index contributed by atoms with van der Waals surface area (Å²) in [5.74, 6) is -0.0540. The largest absolute Gasteiger partial charge is 0.346 e. The van der Waals surface area contributed by atoms with Crippen molar-refractivity contribution in [3.63, 3.8) is 0 Å². The summed E-state index contributed by atoms with van der Waals surface area (Å²) in [5, 5.41) is 2.96. The lowest BCUT2D eigenvalue weighted by Gasteiger charge is -2.28. The molecule has 1 saturated heterocycles. The number of amides is 1. The maximum atomic E-state index is 12.5. The Hall–Kier alpha value is -2.34. The smallest absolute Gasteiger partial charge is 0.251 e. The molecule has 0 bridgehead atoms. The van der Waals surface area contributed by atoms with Gasteiger partial charge in [-0.2, -0.15) is 0 Å². The minimum atomic E-state index is -3.28. The molecule has 0 aromatic heterocycles. The van der Waals surface area contributed by atoms with E-state index in [4.69, 9.17) is 0 Å². The number of rotatable bonds is 4. The number of sulfonamides is 1. The van der Waals surface area contributed by atoms with Crippen LogP contribution < -0.4 is 9.62 Å². The third-order valence-corrected chi connectivity index (χ3v) is 6.26. The van der Waals surface area contributed by atoms with E-state index in [9.17, 15) is 13.2 Å². The van der Waals surface area contributed by atoms with Crippen LogP contribution in [0, 0.1) is 0 Å². The molecule has 1 N–H and O–H groups in total. The van der Waals surface area contributed by atoms with Crippen LogP contribution in [0.1, 0.15) is 41.7 Å². The zero-order valence-electron chi connectivity index (χ0n) is 14.2. The quantitative estimate of drug-likeness (QED) is 0.913. The average Bonchev–Trinajstić information content (AvgIpc) is 2.62. The van der Waals surface area contributed by atoms with Gasteiger partial charge in [-0.1, -0.05) is 36.4 Å². The Labute approximate surface area is 148 Å². The highest BCUT2D eigenvalue weighted by Gasteiger charge is 2.26. The number of carbonyl (C=O) groups excluding carboxylic acids is 1. The molecule has 0 radical (unpaired) electrons. The average molecular weight is 358 g/mol. The van der Waals surface area contributed by atoms with Crippen LogP contribution in [0.4, 0.5) is 5.69 Å². The Balaban J connectivity index is 1.78. The van der Waals surface area contributed by atoms with Gasteiger partial charge in [0.15, 0.2) is 0 Å². The molecular formula is C19H22N2O3S. The van der Waals surface area contributed by atoms with Gasteiger partial charge in [0.2, 0.25) is 10.0 Å². The lowest BCUT2D eigenvalue weighted by molar-refractivity contribution is 0.0940. The van der Waals surface area contributed by atoms with Gasteiger partial charge in [-0.3, -0.25) is 9.10 Å². The van der Waals surface area contributed by atoms with Gasteiger partial charge in [-0.25, -0.2) is 8.42 Å². The van der Waals surface area contributed by atoms with Crippen LogP contribution in [0.5, 0.6) is 0 Å². The first-order valence-electron chi connectivity index (χ1n) is 8.44. The molecule has 2 aromatic carbocycles. The van der Waals surface area contributed by atoms with Gasteiger partial charge in [0.05, 0.1) is 17.5 Å². The van der Waals surface area contributed by atoms with Gasteiger partial charge >= 0.3 is 0 Å². The van der Waals surface area contributed by atoms with Crippen molar-refractivity contribution in [2.24, 2.45) is 0 Å². The first-order valence-corrected chi connectivity index (χ1v) is 10.0. The van der Waals surface area contributed by atoms with E-state index in [0.717, 1.165) is 12.0 Å². The second-order valence-electron chi connectivity index (χ2n) is 6.25. The fourth-order valence-electron chi connectivity index (χ4n) is 2.99. The third-order valence-electron chi connectivity index (χ3n) is 4.39. The summed E-state index contributed by atoms with van der Waals surface area (Å²) < 4.78 is 25.9. The molecular weight excluding hydrogens is 336 g/mol. The van der Waals surface area contributed by atoms with Gasteiger partial charge in [0, 0.05) is 12.1 Å². The molecule has 0 unspecified atom stereocenters. The molecule has 0 spiro atoms. The molecule has 1 aliphatic rings. The molecule has 0 saturated carbocycles. The summed E-state index contributed by atoms with van der Waals surface area (Å²) in [6.45, 7) is 2.39. The second-order valence-corrected chi connectivity index (χ2v) is 8.26. The van der Waals surface area contributed by atoms with Gasteiger partial charge in [-0.05, 0) is 43.5 Å². The molecule has 2 aromatic rings. The molecule has 1 atom stereocenters. The Morgan fingerprint density at radius 2 is 1.84 bits per heavy atom. The minimum Gasteiger partial charge on any atom is -0.346 e. The zero-order valence-corrected chi connectivity index (χ0v) is 15.0. The molecule has 1 fully saturated rings. The lowest BCUT2D eigenvalue weighted by Crippen LogP contribution is -2.38. The normalized spacial score (nSPS) is 17.7. The maximum absolute atomic E-state index is 12.5. The molecule has 25 heavy (non-hydrogen) atoms. The van der Waals surface area contributed by atoms with Crippen molar-refractivity contribution in [2.75, 3.05) is 16.6 Å². The Kier molecular flexibility index (Phi) is 5.08. The van der Waals surface area contributed by atoms with E-state index in [1.807, 2.05) is 37.3 Å². The molecule has 5 nitrogen and oxygen atoms in total. The van der Waals surface area contributed by atoms with E-state index in [2.05, 4.69) is 5.32 Å². The number of hydrogen-bond acceptors (Lipinski definition) is 3. The molecule has 132 valence electrons. The van der Waals surface area contributed by atoms with Crippen molar-refractivity contribution in [3.8, 4) is 0 Å². The van der Waals surface area contributed by atoms with Crippen LogP contribution in [0.25, 0.3) is 0 Å². The van der Waals surface area contributed by atoms with E-state index in [0.29, 0.717) is 24.2 Å². The summed E-state index contributed by atoms with van der Waals surface area (Å²) in [7, 11) is -3.28. The van der Waals surface area contributed by atoms with Crippen LogP contribution in [-0.4, -0.2) is 26.6 Å². The highest BCUT2D eigenvalue weighted by Crippen LogP contribution is 2.24. The zero-order chi connectivity index (χ0) is 17.9. The van der Waals surface area contributed by atoms with Crippen LogP contribution in [0.15, 0.2) is 54.6 Å². The van der Waals surface area contributed by atoms with Gasteiger partial charge < -0.3 is 5.32 Å². The van der Waals surface area contributed by atoms with E-state index in [-0.39, 0.29) is 17.7 Å². The molecule has 1 heterocycles. The van der Waals surface area contributed by atoms with Crippen molar-refractivity contribution < 1.29 is 13.2 Å². The van der Waals surface area contributed by atoms with Crippen LogP contribution in [-0.2, 0) is 10.0 Å². The van der Waals surface area contributed by atoms with Gasteiger partial charge in [0.1, 0.15) is 0 Å². The van der Waals surface area contributed by atoms with Crippen molar-refractivity contribution >= 4 is 21.6 Å². The number of hydrogen-bond donors (Lipinski definition) is 1. The summed E-state index contributed by atoms with van der Waals surface area (Å²) in [5.41, 5.74) is 2.03. The van der Waals surface area contributed by atoms with E-state index in [1.165, 1.54) is 4.31 Å². The molecule has 1 aliphatic heterocycles. The maximum Gasteiger partial charge on any atom is 0.251 e. The topological polar surface area (TPSA) is 66.5 Å². The molecule has 1 amide bonds. The van der Waals surface area contributed by atoms with Gasteiger partial charge in [0.25, 0.3) is 5.91 Å². The van der Waals surface area contributed by atoms with Crippen LogP contribution in [0.3, 0.4) is 0 Å². The van der Waals surface area contributed by atoms with Crippen LogP contribution in [0.2, 0.25) is 0 Å². The Morgan fingerprint density at radius 1 is 1.08 bits per heavy atom. The predicted octanol–water partition coefficient (Wildman–Crippen LogP) is 3.11. The summed E-state index contributed by atoms with van der Waals surface area (Å²) in [4.78, 5) is 12.5. The number of carbonyl (C=O) groups is 1. The molecule has 6 heteroatoms. The highest BCUT2D eigenvalue weighted by atomic mass is 32.2. The summed E-state index contributed by atoms with van der Waals surface area (Å²) >= 11 is 0. The Morgan fingerprint density at radius 3 is 2.56 bits per heavy atom. The van der Waals surface area contributed by atoms with E-state index >= 15 is 0 Å². The number of nitrogens with one attached hydrogen (secondary N) is 1. The van der Waals surface area contributed by atoms with Gasteiger partial charge in [-0.15, -0.1) is 0 Å². The minimum absolute atomic E-state index is 0.129. The monoisotopic (exact) mass is 358 g/mol. The van der Waals surface area contributed by atoms with Crippen LogP contribution >= 0.6 is 0 Å². The SMILES string of the molecule is C[C@@H](NC(=O)c1cccc(N2CCCCS2(=O)=O)c1)c1ccccc1. The van der Waals surface area contributed by atoms with E-state index in [1.54, 1.807) is 24.3 Å². The van der Waals surface area contributed by atoms with Crippen molar-refractivity contribution in [1.29, 1.82) is 0 Å².